The number of aliphatic imine (C=N–C) groups is 1. The highest BCUT2D eigenvalue weighted by Crippen LogP contribution is 2.11. The lowest BCUT2D eigenvalue weighted by Gasteiger charge is -2.19. The van der Waals surface area contributed by atoms with Crippen molar-refractivity contribution in [1.29, 1.82) is 0 Å². The first-order valence-corrected chi connectivity index (χ1v) is 9.48. The lowest BCUT2D eigenvalue weighted by molar-refractivity contribution is 0.296. The molecule has 140 valence electrons. The molecule has 0 amide bonds. The Kier molecular flexibility index (Phi) is 8.16. The van der Waals surface area contributed by atoms with E-state index in [0.717, 1.165) is 32.1 Å². The third-order valence-electron chi connectivity index (χ3n) is 4.66. The molecular formula is C22H32N4. The van der Waals surface area contributed by atoms with E-state index in [4.69, 9.17) is 0 Å². The fourth-order valence-corrected chi connectivity index (χ4v) is 2.88. The summed E-state index contributed by atoms with van der Waals surface area (Å²) in [5.41, 5.74) is 3.86. The van der Waals surface area contributed by atoms with Crippen LogP contribution in [-0.4, -0.2) is 31.0 Å². The number of nitrogens with zero attached hydrogens (tertiary/aromatic N) is 2. The van der Waals surface area contributed by atoms with Crippen LogP contribution in [0.15, 0.2) is 59.6 Å². The number of benzene rings is 2. The molecule has 4 heteroatoms. The largest absolute Gasteiger partial charge is 0.352 e. The van der Waals surface area contributed by atoms with Crippen molar-refractivity contribution in [1.82, 2.24) is 15.5 Å². The van der Waals surface area contributed by atoms with Crippen molar-refractivity contribution in [3.05, 3.63) is 71.3 Å². The normalized spacial score (nSPS) is 12.9. The smallest absolute Gasteiger partial charge is 0.191 e. The number of nitrogens with one attached hydrogen (secondary N) is 2. The second-order valence-electron chi connectivity index (χ2n) is 6.48. The Morgan fingerprint density at radius 2 is 1.58 bits per heavy atom. The van der Waals surface area contributed by atoms with Crippen molar-refractivity contribution < 1.29 is 0 Å². The summed E-state index contributed by atoms with van der Waals surface area (Å²) in [4.78, 5) is 6.76. The average molecular weight is 353 g/mol. The Morgan fingerprint density at radius 1 is 0.962 bits per heavy atom. The first-order valence-electron chi connectivity index (χ1n) is 9.48. The molecule has 0 spiro atoms. The Morgan fingerprint density at radius 3 is 2.15 bits per heavy atom. The van der Waals surface area contributed by atoms with Crippen molar-refractivity contribution >= 4 is 5.96 Å². The number of guanidine groups is 1. The van der Waals surface area contributed by atoms with Gasteiger partial charge in [-0.1, -0.05) is 68.4 Å². The maximum Gasteiger partial charge on any atom is 0.191 e. The maximum atomic E-state index is 4.34. The van der Waals surface area contributed by atoms with E-state index in [1.807, 2.05) is 6.07 Å². The second kappa shape index (κ2) is 10.6. The molecule has 2 rings (SSSR count). The van der Waals surface area contributed by atoms with Crippen LogP contribution in [0.3, 0.4) is 0 Å². The molecule has 1 atom stereocenters. The van der Waals surface area contributed by atoms with E-state index in [2.05, 4.69) is 89.8 Å². The predicted molar refractivity (Wildman–Crippen MR) is 111 cm³/mol. The van der Waals surface area contributed by atoms with E-state index in [1.165, 1.54) is 16.7 Å². The molecule has 2 aromatic carbocycles. The van der Waals surface area contributed by atoms with Crippen LogP contribution in [0, 0.1) is 0 Å². The highest BCUT2D eigenvalue weighted by Gasteiger charge is 2.07. The quantitative estimate of drug-likeness (QED) is 0.558. The van der Waals surface area contributed by atoms with Gasteiger partial charge in [-0.05, 0) is 36.7 Å². The molecule has 2 N–H and O–H groups in total. The van der Waals surface area contributed by atoms with Gasteiger partial charge in [0.2, 0.25) is 0 Å². The molecule has 0 aliphatic heterocycles. The minimum Gasteiger partial charge on any atom is -0.352 e. The van der Waals surface area contributed by atoms with Gasteiger partial charge in [0.25, 0.3) is 0 Å². The van der Waals surface area contributed by atoms with Gasteiger partial charge < -0.3 is 10.6 Å². The van der Waals surface area contributed by atoms with Crippen LogP contribution >= 0.6 is 0 Å². The first kappa shape index (κ1) is 20.0. The lowest BCUT2D eigenvalue weighted by Crippen LogP contribution is -2.38. The fourth-order valence-electron chi connectivity index (χ4n) is 2.88. The summed E-state index contributed by atoms with van der Waals surface area (Å²) in [6.07, 6.45) is 0. The van der Waals surface area contributed by atoms with Gasteiger partial charge in [0.1, 0.15) is 0 Å². The van der Waals surface area contributed by atoms with Gasteiger partial charge in [0, 0.05) is 20.1 Å². The van der Waals surface area contributed by atoms with Crippen LogP contribution in [-0.2, 0) is 13.1 Å². The molecule has 26 heavy (non-hydrogen) atoms. The molecule has 0 bridgehead atoms. The van der Waals surface area contributed by atoms with Gasteiger partial charge in [-0.3, -0.25) is 9.89 Å². The lowest BCUT2D eigenvalue weighted by atomic mass is 10.1. The van der Waals surface area contributed by atoms with E-state index >= 15 is 0 Å². The Bertz CT molecular complexity index is 660. The molecule has 0 saturated heterocycles. The Hall–Kier alpha value is -2.33. The summed E-state index contributed by atoms with van der Waals surface area (Å²) in [5, 5.41) is 6.84. The molecule has 0 saturated carbocycles. The van der Waals surface area contributed by atoms with Gasteiger partial charge >= 0.3 is 0 Å². The number of hydrogen-bond acceptors (Lipinski definition) is 2. The zero-order valence-electron chi connectivity index (χ0n) is 16.5. The minimum atomic E-state index is 0.207. The van der Waals surface area contributed by atoms with Crippen LogP contribution in [0.1, 0.15) is 43.5 Å². The summed E-state index contributed by atoms with van der Waals surface area (Å²) in [6.45, 7) is 10.5. The average Bonchev–Trinajstić information content (AvgIpc) is 2.70. The zero-order valence-corrected chi connectivity index (χ0v) is 16.5. The van der Waals surface area contributed by atoms with E-state index in [1.54, 1.807) is 7.05 Å². The summed E-state index contributed by atoms with van der Waals surface area (Å²) < 4.78 is 0. The summed E-state index contributed by atoms with van der Waals surface area (Å²) >= 11 is 0. The van der Waals surface area contributed by atoms with Gasteiger partial charge in [-0.25, -0.2) is 0 Å². The molecule has 1 unspecified atom stereocenters. The highest BCUT2D eigenvalue weighted by atomic mass is 15.2. The first-order chi connectivity index (χ1) is 12.7. The second-order valence-corrected chi connectivity index (χ2v) is 6.48. The Labute approximate surface area is 158 Å². The van der Waals surface area contributed by atoms with E-state index in [9.17, 15) is 0 Å². The van der Waals surface area contributed by atoms with E-state index < -0.39 is 0 Å². The molecule has 0 fully saturated rings. The van der Waals surface area contributed by atoms with Crippen LogP contribution in [0.4, 0.5) is 0 Å². The van der Waals surface area contributed by atoms with Crippen LogP contribution in [0.2, 0.25) is 0 Å². The molecule has 0 aromatic heterocycles. The Balaban J connectivity index is 1.86. The zero-order chi connectivity index (χ0) is 18.8. The monoisotopic (exact) mass is 352 g/mol. The van der Waals surface area contributed by atoms with Crippen molar-refractivity contribution in [2.45, 2.75) is 39.9 Å². The number of hydrogen-bond donors (Lipinski definition) is 2. The highest BCUT2D eigenvalue weighted by molar-refractivity contribution is 5.80. The standard InChI is InChI=1S/C22H32N4/c1-5-26(6-2)17-20-14-12-19(13-15-20)16-24-22(23-4)25-18(3)21-10-8-7-9-11-21/h7-15,18H,5-6,16-17H2,1-4H3,(H2,23,24,25). The van der Waals surface area contributed by atoms with Crippen molar-refractivity contribution in [3.63, 3.8) is 0 Å². The van der Waals surface area contributed by atoms with Crippen LogP contribution < -0.4 is 10.6 Å². The van der Waals surface area contributed by atoms with Crippen molar-refractivity contribution in [2.24, 2.45) is 4.99 Å². The van der Waals surface area contributed by atoms with Gasteiger partial charge in [-0.2, -0.15) is 0 Å². The molecule has 0 heterocycles. The SMILES string of the molecule is CCN(CC)Cc1ccc(CNC(=NC)NC(C)c2ccccc2)cc1. The maximum absolute atomic E-state index is 4.34. The third-order valence-corrected chi connectivity index (χ3v) is 4.66. The molecule has 4 nitrogen and oxygen atoms in total. The molecule has 0 radical (unpaired) electrons. The summed E-state index contributed by atoms with van der Waals surface area (Å²) in [7, 11) is 1.81. The molecule has 0 aliphatic carbocycles. The van der Waals surface area contributed by atoms with E-state index in [0.29, 0.717) is 0 Å². The van der Waals surface area contributed by atoms with Gasteiger partial charge in [0.05, 0.1) is 6.04 Å². The topological polar surface area (TPSA) is 39.7 Å². The third kappa shape index (κ3) is 6.19. The fraction of sp³-hybridized carbons (Fsp3) is 0.409. The summed E-state index contributed by atoms with van der Waals surface area (Å²) in [5.74, 6) is 0.813. The van der Waals surface area contributed by atoms with Crippen molar-refractivity contribution in [3.8, 4) is 0 Å². The molecular weight excluding hydrogens is 320 g/mol. The molecule has 0 aliphatic rings. The van der Waals surface area contributed by atoms with Gasteiger partial charge in [-0.15, -0.1) is 0 Å². The predicted octanol–water partition coefficient (Wildman–Crippen LogP) is 3.95. The van der Waals surface area contributed by atoms with Crippen LogP contribution in [0.5, 0.6) is 0 Å². The number of rotatable bonds is 8. The van der Waals surface area contributed by atoms with Crippen LogP contribution in [0.25, 0.3) is 0 Å². The van der Waals surface area contributed by atoms with Gasteiger partial charge in [0.15, 0.2) is 5.96 Å². The molecule has 2 aromatic rings. The van der Waals surface area contributed by atoms with Crippen molar-refractivity contribution in [2.75, 3.05) is 20.1 Å². The minimum absolute atomic E-state index is 0.207. The van der Waals surface area contributed by atoms with E-state index in [-0.39, 0.29) is 6.04 Å². The summed E-state index contributed by atoms with van der Waals surface area (Å²) in [6, 6.07) is 19.4.